The summed E-state index contributed by atoms with van der Waals surface area (Å²) in [5.74, 6) is 0.810. The van der Waals surface area contributed by atoms with E-state index in [9.17, 15) is 0 Å². The lowest BCUT2D eigenvalue weighted by Gasteiger charge is -2.44. The summed E-state index contributed by atoms with van der Waals surface area (Å²) in [6.07, 6.45) is 3.07. The summed E-state index contributed by atoms with van der Waals surface area (Å²) in [6.45, 7) is 13.5. The molecule has 0 radical (unpaired) electrons. The fourth-order valence-electron chi connectivity index (χ4n) is 3.36. The Kier molecular flexibility index (Phi) is 4.11. The molecular weight excluding hydrogens is 212 g/mol. The maximum atomic E-state index is 5.96. The number of rotatable bonds is 2. The van der Waals surface area contributed by atoms with Crippen LogP contribution in [0.25, 0.3) is 0 Å². The minimum Gasteiger partial charge on any atom is -0.370 e. The van der Waals surface area contributed by atoms with E-state index in [1.807, 2.05) is 0 Å². The molecule has 2 heterocycles. The highest BCUT2D eigenvalue weighted by Crippen LogP contribution is 2.23. The summed E-state index contributed by atoms with van der Waals surface area (Å²) in [4.78, 5) is 2.58. The standard InChI is InChI=1S/C14H28N2O/c1-11-6-5-7-15-13(11)9-16-8-12(2)17-14(3,4)10-16/h11-13,15H,5-10H2,1-4H3. The number of nitrogens with one attached hydrogen (secondary N) is 1. The van der Waals surface area contributed by atoms with Crippen LogP contribution in [-0.4, -0.2) is 48.8 Å². The first-order valence-electron chi connectivity index (χ1n) is 7.10. The van der Waals surface area contributed by atoms with Gasteiger partial charge in [-0.1, -0.05) is 6.92 Å². The second-order valence-corrected chi connectivity index (χ2v) is 6.56. The van der Waals surface area contributed by atoms with Gasteiger partial charge in [-0.3, -0.25) is 4.90 Å². The van der Waals surface area contributed by atoms with Crippen LogP contribution in [-0.2, 0) is 4.74 Å². The van der Waals surface area contributed by atoms with Crippen molar-refractivity contribution in [2.75, 3.05) is 26.2 Å². The van der Waals surface area contributed by atoms with E-state index in [-0.39, 0.29) is 5.60 Å². The van der Waals surface area contributed by atoms with Gasteiger partial charge in [0.05, 0.1) is 11.7 Å². The molecule has 17 heavy (non-hydrogen) atoms. The van der Waals surface area contributed by atoms with Gasteiger partial charge in [0.25, 0.3) is 0 Å². The molecule has 0 saturated carbocycles. The zero-order chi connectivity index (χ0) is 12.5. The third-order valence-electron chi connectivity index (χ3n) is 4.02. The second-order valence-electron chi connectivity index (χ2n) is 6.56. The molecule has 100 valence electrons. The zero-order valence-corrected chi connectivity index (χ0v) is 11.8. The van der Waals surface area contributed by atoms with E-state index in [0.717, 1.165) is 19.0 Å². The molecule has 0 spiro atoms. The Hall–Kier alpha value is -0.120. The maximum Gasteiger partial charge on any atom is 0.0757 e. The molecule has 2 aliphatic rings. The molecule has 3 heteroatoms. The monoisotopic (exact) mass is 240 g/mol. The quantitative estimate of drug-likeness (QED) is 0.797. The van der Waals surface area contributed by atoms with E-state index in [1.54, 1.807) is 0 Å². The molecule has 2 rings (SSSR count). The number of nitrogens with zero attached hydrogens (tertiary/aromatic N) is 1. The van der Waals surface area contributed by atoms with E-state index >= 15 is 0 Å². The number of ether oxygens (including phenoxy) is 1. The summed E-state index contributed by atoms with van der Waals surface area (Å²) >= 11 is 0. The van der Waals surface area contributed by atoms with Crippen molar-refractivity contribution in [3.63, 3.8) is 0 Å². The first-order chi connectivity index (χ1) is 7.96. The lowest BCUT2D eigenvalue weighted by molar-refractivity contribution is -0.130. The third-order valence-corrected chi connectivity index (χ3v) is 4.02. The van der Waals surface area contributed by atoms with Gasteiger partial charge >= 0.3 is 0 Å². The SMILES string of the molecule is CC1CN(CC2NCCCC2C)CC(C)(C)O1. The van der Waals surface area contributed by atoms with Gasteiger partial charge in [0, 0.05) is 25.7 Å². The van der Waals surface area contributed by atoms with Crippen molar-refractivity contribution in [1.29, 1.82) is 0 Å². The molecule has 2 fully saturated rings. The summed E-state index contributed by atoms with van der Waals surface area (Å²) in [7, 11) is 0. The summed E-state index contributed by atoms with van der Waals surface area (Å²) in [5.41, 5.74) is 0.00950. The normalized spacial score (nSPS) is 39.2. The van der Waals surface area contributed by atoms with Crippen LogP contribution < -0.4 is 5.32 Å². The zero-order valence-electron chi connectivity index (χ0n) is 11.8. The van der Waals surface area contributed by atoms with Crippen LogP contribution in [0.2, 0.25) is 0 Å². The molecule has 3 nitrogen and oxygen atoms in total. The fraction of sp³-hybridized carbons (Fsp3) is 1.00. The summed E-state index contributed by atoms with van der Waals surface area (Å²) < 4.78 is 5.96. The van der Waals surface area contributed by atoms with Crippen LogP contribution in [0.5, 0.6) is 0 Å². The van der Waals surface area contributed by atoms with Crippen LogP contribution in [0, 0.1) is 5.92 Å². The topological polar surface area (TPSA) is 24.5 Å². The van der Waals surface area contributed by atoms with Crippen LogP contribution >= 0.6 is 0 Å². The van der Waals surface area contributed by atoms with Gasteiger partial charge < -0.3 is 10.1 Å². The molecule has 1 N–H and O–H groups in total. The van der Waals surface area contributed by atoms with E-state index in [4.69, 9.17) is 4.74 Å². The average Bonchev–Trinajstić information content (AvgIpc) is 2.18. The van der Waals surface area contributed by atoms with Gasteiger partial charge in [0.2, 0.25) is 0 Å². The Morgan fingerprint density at radius 1 is 1.35 bits per heavy atom. The first kappa shape index (κ1) is 13.3. The first-order valence-corrected chi connectivity index (χ1v) is 7.10. The van der Waals surface area contributed by atoms with Gasteiger partial charge in [-0.05, 0) is 46.1 Å². The number of hydrogen-bond donors (Lipinski definition) is 1. The van der Waals surface area contributed by atoms with Crippen molar-refractivity contribution < 1.29 is 4.74 Å². The molecule has 0 aromatic rings. The number of hydrogen-bond acceptors (Lipinski definition) is 3. The Labute approximate surface area is 106 Å². The van der Waals surface area contributed by atoms with Gasteiger partial charge in [0.1, 0.15) is 0 Å². The van der Waals surface area contributed by atoms with Gasteiger partial charge in [-0.2, -0.15) is 0 Å². The molecule has 0 bridgehead atoms. The van der Waals surface area contributed by atoms with Gasteiger partial charge in [-0.15, -0.1) is 0 Å². The van der Waals surface area contributed by atoms with Crippen molar-refractivity contribution in [2.24, 2.45) is 5.92 Å². The predicted octanol–water partition coefficient (Wildman–Crippen LogP) is 1.87. The van der Waals surface area contributed by atoms with Crippen molar-refractivity contribution in [1.82, 2.24) is 10.2 Å². The van der Waals surface area contributed by atoms with Gasteiger partial charge in [0.15, 0.2) is 0 Å². The molecule has 3 unspecified atom stereocenters. The lowest BCUT2D eigenvalue weighted by Crippen LogP contribution is -2.56. The Bertz CT molecular complexity index is 255. The van der Waals surface area contributed by atoms with E-state index in [0.29, 0.717) is 12.1 Å². The Balaban J connectivity index is 1.89. The second kappa shape index (κ2) is 5.25. The van der Waals surface area contributed by atoms with Crippen molar-refractivity contribution >= 4 is 0 Å². The molecule has 2 saturated heterocycles. The van der Waals surface area contributed by atoms with Crippen molar-refractivity contribution in [2.45, 2.75) is 58.3 Å². The fourth-order valence-corrected chi connectivity index (χ4v) is 3.36. The van der Waals surface area contributed by atoms with Gasteiger partial charge in [-0.25, -0.2) is 0 Å². The van der Waals surface area contributed by atoms with Crippen molar-refractivity contribution in [3.05, 3.63) is 0 Å². The van der Waals surface area contributed by atoms with Crippen LogP contribution in [0.3, 0.4) is 0 Å². The molecular formula is C14H28N2O. The van der Waals surface area contributed by atoms with E-state index in [1.165, 1.54) is 25.9 Å². The largest absolute Gasteiger partial charge is 0.370 e. The smallest absolute Gasteiger partial charge is 0.0757 e. The molecule has 0 aromatic carbocycles. The summed E-state index contributed by atoms with van der Waals surface area (Å²) in [5, 5.41) is 3.68. The van der Waals surface area contributed by atoms with Crippen LogP contribution in [0.4, 0.5) is 0 Å². The Morgan fingerprint density at radius 3 is 2.76 bits per heavy atom. The predicted molar refractivity (Wildman–Crippen MR) is 71.3 cm³/mol. The number of morpholine rings is 1. The van der Waals surface area contributed by atoms with Crippen molar-refractivity contribution in [3.8, 4) is 0 Å². The molecule has 0 amide bonds. The van der Waals surface area contributed by atoms with E-state index < -0.39 is 0 Å². The Morgan fingerprint density at radius 2 is 2.12 bits per heavy atom. The molecule has 3 atom stereocenters. The number of piperidine rings is 1. The maximum absolute atomic E-state index is 5.96. The highest BCUT2D eigenvalue weighted by atomic mass is 16.5. The molecule has 0 aromatic heterocycles. The highest BCUT2D eigenvalue weighted by Gasteiger charge is 2.33. The van der Waals surface area contributed by atoms with Crippen LogP contribution in [0.1, 0.15) is 40.5 Å². The summed E-state index contributed by atoms with van der Waals surface area (Å²) in [6, 6.07) is 0.671. The lowest BCUT2D eigenvalue weighted by atomic mass is 9.91. The molecule has 0 aliphatic carbocycles. The minimum absolute atomic E-state index is 0.00950. The van der Waals surface area contributed by atoms with Crippen LogP contribution in [0.15, 0.2) is 0 Å². The highest BCUT2D eigenvalue weighted by molar-refractivity contribution is 4.87. The average molecular weight is 240 g/mol. The van der Waals surface area contributed by atoms with E-state index in [2.05, 4.69) is 37.9 Å². The minimum atomic E-state index is 0.00950. The third kappa shape index (κ3) is 3.67. The molecule has 2 aliphatic heterocycles.